The van der Waals surface area contributed by atoms with E-state index in [1.165, 1.54) is 5.69 Å². The number of hydrogen-bond acceptors (Lipinski definition) is 6. The van der Waals surface area contributed by atoms with E-state index in [0.29, 0.717) is 17.9 Å². The number of aryl methyl sites for hydroxylation is 2. The number of anilines is 2. The Kier molecular flexibility index (Phi) is 6.53. The maximum Gasteiger partial charge on any atom is 0.255 e. The number of nitrogens with zero attached hydrogens (tertiary/aromatic N) is 3. The van der Waals surface area contributed by atoms with Crippen molar-refractivity contribution in [3.05, 3.63) is 69.7 Å². The van der Waals surface area contributed by atoms with Crippen molar-refractivity contribution in [2.45, 2.75) is 20.5 Å². The van der Waals surface area contributed by atoms with E-state index < -0.39 is 0 Å². The van der Waals surface area contributed by atoms with Crippen molar-refractivity contribution in [3.63, 3.8) is 0 Å². The van der Waals surface area contributed by atoms with Crippen molar-refractivity contribution in [2.24, 2.45) is 0 Å². The van der Waals surface area contributed by atoms with E-state index in [1.807, 2.05) is 37.4 Å². The van der Waals surface area contributed by atoms with Crippen LogP contribution in [0.4, 0.5) is 11.4 Å². The van der Waals surface area contributed by atoms with E-state index in [9.17, 15) is 4.79 Å². The Bertz CT molecular complexity index is 1060. The molecule has 1 amide bonds. The molecule has 0 saturated carbocycles. The molecule has 2 aromatic carbocycles. The number of ether oxygens (including phenoxy) is 1. The molecule has 0 aliphatic carbocycles. The quantitative estimate of drug-likeness (QED) is 0.623. The van der Waals surface area contributed by atoms with Crippen LogP contribution in [0.3, 0.4) is 0 Å². The van der Waals surface area contributed by atoms with Crippen LogP contribution < -0.4 is 15.0 Å². The summed E-state index contributed by atoms with van der Waals surface area (Å²) in [7, 11) is 2.15. The summed E-state index contributed by atoms with van der Waals surface area (Å²) >= 11 is 1.60. The Labute approximate surface area is 187 Å². The molecule has 1 aromatic heterocycles. The van der Waals surface area contributed by atoms with Crippen molar-refractivity contribution in [2.75, 3.05) is 43.4 Å². The third-order valence-corrected chi connectivity index (χ3v) is 6.30. The molecule has 1 saturated heterocycles. The van der Waals surface area contributed by atoms with Crippen LogP contribution in [0.2, 0.25) is 0 Å². The van der Waals surface area contributed by atoms with E-state index in [1.54, 1.807) is 23.5 Å². The molecule has 4 rings (SSSR count). The second kappa shape index (κ2) is 9.49. The summed E-state index contributed by atoms with van der Waals surface area (Å²) in [6.45, 7) is 8.57. The van der Waals surface area contributed by atoms with Gasteiger partial charge in [0.25, 0.3) is 5.91 Å². The Hall–Kier alpha value is -2.90. The molecule has 6 nitrogen and oxygen atoms in total. The molecule has 0 radical (unpaired) electrons. The van der Waals surface area contributed by atoms with Gasteiger partial charge in [-0.05, 0) is 62.9 Å². The van der Waals surface area contributed by atoms with Crippen LogP contribution in [-0.2, 0) is 6.61 Å². The van der Waals surface area contributed by atoms with Gasteiger partial charge in [0.1, 0.15) is 12.4 Å². The van der Waals surface area contributed by atoms with Crippen molar-refractivity contribution >= 4 is 28.6 Å². The first-order chi connectivity index (χ1) is 15.0. The summed E-state index contributed by atoms with van der Waals surface area (Å²) in [6, 6.07) is 13.5. The number of thiazole rings is 1. The fourth-order valence-corrected chi connectivity index (χ4v) is 4.20. The smallest absolute Gasteiger partial charge is 0.255 e. The average molecular weight is 437 g/mol. The molecule has 1 N–H and O–H groups in total. The monoisotopic (exact) mass is 436 g/mol. The maximum absolute atomic E-state index is 12.8. The Morgan fingerprint density at radius 3 is 2.65 bits per heavy atom. The Morgan fingerprint density at radius 1 is 1.13 bits per heavy atom. The lowest BCUT2D eigenvalue weighted by Crippen LogP contribution is -2.44. The lowest BCUT2D eigenvalue weighted by atomic mass is 10.1. The first kappa shape index (κ1) is 21.3. The van der Waals surface area contributed by atoms with Crippen molar-refractivity contribution in [1.29, 1.82) is 0 Å². The van der Waals surface area contributed by atoms with E-state index in [4.69, 9.17) is 4.74 Å². The van der Waals surface area contributed by atoms with E-state index in [-0.39, 0.29) is 5.91 Å². The summed E-state index contributed by atoms with van der Waals surface area (Å²) in [5.41, 5.74) is 4.54. The number of carbonyl (C=O) groups is 1. The standard InChI is InChI=1S/C24H28N4O2S/c1-17-13-21(28-11-9-27(3)10-12-28)7-8-23(17)26-24(29)19-5-4-6-22(14-19)30-15-20-16-31-18(2)25-20/h4-8,13-14,16H,9-12,15H2,1-3H3,(H,26,29). The largest absolute Gasteiger partial charge is 0.487 e. The van der Waals surface area contributed by atoms with Crippen molar-refractivity contribution in [3.8, 4) is 5.75 Å². The second-order valence-electron chi connectivity index (χ2n) is 7.92. The number of piperazine rings is 1. The van der Waals surface area contributed by atoms with Gasteiger partial charge in [0.15, 0.2) is 0 Å². The summed E-state index contributed by atoms with van der Waals surface area (Å²) < 4.78 is 5.82. The van der Waals surface area contributed by atoms with E-state index in [0.717, 1.165) is 48.1 Å². The minimum Gasteiger partial charge on any atom is -0.487 e. The normalized spacial score (nSPS) is 14.5. The molecule has 3 aromatic rings. The molecule has 0 unspecified atom stereocenters. The molecule has 1 fully saturated rings. The van der Waals surface area contributed by atoms with Gasteiger partial charge in [-0.25, -0.2) is 4.98 Å². The third-order valence-electron chi connectivity index (χ3n) is 5.48. The Balaban J connectivity index is 1.39. The number of likely N-dealkylation sites (N-methyl/N-ethyl adjacent to an activating group) is 1. The minimum atomic E-state index is -0.148. The number of benzene rings is 2. The third kappa shape index (κ3) is 5.42. The molecular formula is C24H28N4O2S. The summed E-state index contributed by atoms with van der Waals surface area (Å²) in [4.78, 5) is 22.0. The molecule has 1 aliphatic rings. The zero-order chi connectivity index (χ0) is 21.8. The van der Waals surface area contributed by atoms with Crippen LogP contribution >= 0.6 is 11.3 Å². The van der Waals surface area contributed by atoms with Crippen LogP contribution in [0, 0.1) is 13.8 Å². The molecule has 7 heteroatoms. The average Bonchev–Trinajstić information content (AvgIpc) is 3.19. The van der Waals surface area contributed by atoms with Crippen molar-refractivity contribution in [1.82, 2.24) is 9.88 Å². The summed E-state index contributed by atoms with van der Waals surface area (Å²) in [5.74, 6) is 0.505. The molecule has 162 valence electrons. The van der Waals surface area contributed by atoms with Gasteiger partial charge in [-0.3, -0.25) is 4.79 Å². The highest BCUT2D eigenvalue weighted by molar-refractivity contribution is 7.09. The minimum absolute atomic E-state index is 0.148. The van der Waals surface area contributed by atoms with Crippen LogP contribution in [-0.4, -0.2) is 49.0 Å². The fourth-order valence-electron chi connectivity index (χ4n) is 3.60. The SMILES string of the molecule is Cc1nc(COc2cccc(C(=O)Nc3ccc(N4CCN(C)CC4)cc3C)c2)cs1. The number of carbonyl (C=O) groups excluding carboxylic acids is 1. The second-order valence-corrected chi connectivity index (χ2v) is 8.98. The first-order valence-corrected chi connectivity index (χ1v) is 11.4. The maximum atomic E-state index is 12.8. The predicted molar refractivity (Wildman–Crippen MR) is 126 cm³/mol. The van der Waals surface area contributed by atoms with Crippen LogP contribution in [0.15, 0.2) is 47.8 Å². The molecule has 0 spiro atoms. The summed E-state index contributed by atoms with van der Waals surface area (Å²) in [5, 5.41) is 6.04. The van der Waals surface area contributed by atoms with Gasteiger partial charge >= 0.3 is 0 Å². The van der Waals surface area contributed by atoms with Gasteiger partial charge < -0.3 is 19.9 Å². The molecule has 31 heavy (non-hydrogen) atoms. The molecule has 1 aliphatic heterocycles. The van der Waals surface area contributed by atoms with Crippen molar-refractivity contribution < 1.29 is 9.53 Å². The molecular weight excluding hydrogens is 408 g/mol. The predicted octanol–water partition coefficient (Wildman–Crippen LogP) is 4.34. The van der Waals surface area contributed by atoms with Crippen LogP contribution in [0.1, 0.15) is 26.6 Å². The van der Waals surface area contributed by atoms with E-state index in [2.05, 4.69) is 39.3 Å². The lowest BCUT2D eigenvalue weighted by molar-refractivity contribution is 0.102. The molecule has 0 bridgehead atoms. The van der Waals surface area contributed by atoms with Gasteiger partial charge in [-0.1, -0.05) is 6.07 Å². The lowest BCUT2D eigenvalue weighted by Gasteiger charge is -2.34. The Morgan fingerprint density at radius 2 is 1.94 bits per heavy atom. The van der Waals surface area contributed by atoms with Gasteiger partial charge in [0.2, 0.25) is 0 Å². The number of hydrogen-bond donors (Lipinski definition) is 1. The fraction of sp³-hybridized carbons (Fsp3) is 0.333. The van der Waals surface area contributed by atoms with Gasteiger partial charge in [0.05, 0.1) is 10.7 Å². The highest BCUT2D eigenvalue weighted by Crippen LogP contribution is 2.25. The van der Waals surface area contributed by atoms with Gasteiger partial charge in [-0.2, -0.15) is 0 Å². The van der Waals surface area contributed by atoms with Gasteiger partial charge in [-0.15, -0.1) is 11.3 Å². The highest BCUT2D eigenvalue weighted by Gasteiger charge is 2.16. The summed E-state index contributed by atoms with van der Waals surface area (Å²) in [6.07, 6.45) is 0. The first-order valence-electron chi connectivity index (χ1n) is 10.5. The zero-order valence-corrected chi connectivity index (χ0v) is 19.0. The number of amides is 1. The molecule has 2 heterocycles. The van der Waals surface area contributed by atoms with Crippen LogP contribution in [0.5, 0.6) is 5.75 Å². The van der Waals surface area contributed by atoms with Gasteiger partial charge in [0, 0.05) is 48.5 Å². The zero-order valence-electron chi connectivity index (χ0n) is 18.2. The molecule has 0 atom stereocenters. The van der Waals surface area contributed by atoms with Crippen LogP contribution in [0.25, 0.3) is 0 Å². The number of nitrogens with one attached hydrogen (secondary N) is 1. The van der Waals surface area contributed by atoms with E-state index >= 15 is 0 Å². The topological polar surface area (TPSA) is 57.7 Å². The highest BCUT2D eigenvalue weighted by atomic mass is 32.1. The number of aromatic nitrogens is 1. The number of rotatable bonds is 6.